The van der Waals surface area contributed by atoms with Gasteiger partial charge in [0.05, 0.1) is 12.6 Å². The Balaban J connectivity index is 1.91. The van der Waals surface area contributed by atoms with Gasteiger partial charge in [0.2, 0.25) is 0 Å². The van der Waals surface area contributed by atoms with Crippen molar-refractivity contribution in [3.63, 3.8) is 0 Å². The minimum Gasteiger partial charge on any atom is -0.366 e. The minimum absolute atomic E-state index is 0.0553. The van der Waals surface area contributed by atoms with E-state index in [-0.39, 0.29) is 11.9 Å². The Bertz CT molecular complexity index is 402. The van der Waals surface area contributed by atoms with Gasteiger partial charge in [-0.15, -0.1) is 0 Å². The highest BCUT2D eigenvalue weighted by atomic mass is 35.5. The van der Waals surface area contributed by atoms with E-state index in [1.807, 2.05) is 31.2 Å². The molecule has 1 aliphatic heterocycles. The summed E-state index contributed by atoms with van der Waals surface area (Å²) >= 11 is 5.83. The number of ether oxygens (including phenoxy) is 1. The van der Waals surface area contributed by atoms with E-state index in [0.29, 0.717) is 18.2 Å². The second kappa shape index (κ2) is 6.18. The van der Waals surface area contributed by atoms with Gasteiger partial charge < -0.3 is 15.4 Å². The molecule has 0 aliphatic carbocycles. The van der Waals surface area contributed by atoms with Crippen LogP contribution in [0.15, 0.2) is 24.3 Å². The zero-order valence-corrected chi connectivity index (χ0v) is 11.0. The van der Waals surface area contributed by atoms with Gasteiger partial charge in [-0.2, -0.15) is 0 Å². The van der Waals surface area contributed by atoms with Crippen molar-refractivity contribution in [2.75, 3.05) is 19.7 Å². The number of carbonyl (C=O) groups excluding carboxylic acids is 1. The van der Waals surface area contributed by atoms with E-state index in [1.165, 1.54) is 0 Å². The number of hydrogen-bond donors (Lipinski definition) is 2. The molecule has 2 rings (SSSR count). The maximum atomic E-state index is 11.9. The number of carbonyl (C=O) groups is 1. The molecule has 98 valence electrons. The Labute approximate surface area is 112 Å². The molecule has 18 heavy (non-hydrogen) atoms. The summed E-state index contributed by atoms with van der Waals surface area (Å²) < 4.78 is 5.40. The number of nitrogens with one attached hydrogen (secondary N) is 2. The van der Waals surface area contributed by atoms with Crippen LogP contribution in [0.1, 0.15) is 18.5 Å². The molecule has 2 unspecified atom stereocenters. The molecule has 0 saturated carbocycles. The Hall–Kier alpha value is -1.10. The van der Waals surface area contributed by atoms with Crippen LogP contribution in [0.4, 0.5) is 0 Å². The summed E-state index contributed by atoms with van der Waals surface area (Å²) in [6.07, 6.45) is -0.395. The Morgan fingerprint density at radius 2 is 2.22 bits per heavy atom. The van der Waals surface area contributed by atoms with Gasteiger partial charge in [0.25, 0.3) is 5.91 Å². The molecule has 1 saturated heterocycles. The number of hydrogen-bond acceptors (Lipinski definition) is 3. The molecule has 0 spiro atoms. The molecular weight excluding hydrogens is 252 g/mol. The van der Waals surface area contributed by atoms with Crippen LogP contribution in [0.2, 0.25) is 5.02 Å². The predicted octanol–water partition coefficient (Wildman–Crippen LogP) is 1.51. The summed E-state index contributed by atoms with van der Waals surface area (Å²) in [5.41, 5.74) is 1.02. The highest BCUT2D eigenvalue weighted by Crippen LogP contribution is 2.16. The van der Waals surface area contributed by atoms with Crippen molar-refractivity contribution in [3.8, 4) is 0 Å². The van der Waals surface area contributed by atoms with Crippen LogP contribution in [-0.2, 0) is 9.53 Å². The summed E-state index contributed by atoms with van der Waals surface area (Å²) in [7, 11) is 0. The molecule has 1 aromatic rings. The molecule has 2 atom stereocenters. The average Bonchev–Trinajstić information content (AvgIpc) is 2.40. The summed E-state index contributed by atoms with van der Waals surface area (Å²) in [5.74, 6) is -0.0790. The van der Waals surface area contributed by atoms with Crippen molar-refractivity contribution >= 4 is 17.5 Å². The molecule has 1 aromatic carbocycles. The highest BCUT2D eigenvalue weighted by molar-refractivity contribution is 6.30. The predicted molar refractivity (Wildman–Crippen MR) is 70.6 cm³/mol. The SMILES string of the molecule is CC(NC(=O)C1CNCCO1)c1ccc(Cl)cc1. The normalized spacial score (nSPS) is 21.3. The van der Waals surface area contributed by atoms with Crippen LogP contribution < -0.4 is 10.6 Å². The maximum absolute atomic E-state index is 11.9. The van der Waals surface area contributed by atoms with Crippen LogP contribution in [0.5, 0.6) is 0 Å². The third kappa shape index (κ3) is 3.45. The average molecular weight is 269 g/mol. The van der Waals surface area contributed by atoms with Gasteiger partial charge in [-0.1, -0.05) is 23.7 Å². The number of benzene rings is 1. The molecule has 4 nitrogen and oxygen atoms in total. The van der Waals surface area contributed by atoms with Crippen molar-refractivity contribution in [2.45, 2.75) is 19.1 Å². The molecule has 1 aliphatic rings. The van der Waals surface area contributed by atoms with E-state index < -0.39 is 6.10 Å². The molecule has 0 aromatic heterocycles. The van der Waals surface area contributed by atoms with Crippen LogP contribution in [0, 0.1) is 0 Å². The number of amides is 1. The van der Waals surface area contributed by atoms with Crippen LogP contribution in [-0.4, -0.2) is 31.7 Å². The van der Waals surface area contributed by atoms with E-state index >= 15 is 0 Å². The zero-order valence-electron chi connectivity index (χ0n) is 10.3. The van der Waals surface area contributed by atoms with Gasteiger partial charge >= 0.3 is 0 Å². The van der Waals surface area contributed by atoms with Gasteiger partial charge in [-0.25, -0.2) is 0 Å². The second-order valence-corrected chi connectivity index (χ2v) is 4.78. The summed E-state index contributed by atoms with van der Waals surface area (Å²) in [6.45, 7) is 3.89. The second-order valence-electron chi connectivity index (χ2n) is 4.35. The topological polar surface area (TPSA) is 50.4 Å². The maximum Gasteiger partial charge on any atom is 0.250 e. The molecular formula is C13H17ClN2O2. The summed E-state index contributed by atoms with van der Waals surface area (Å²) in [5, 5.41) is 6.76. The van der Waals surface area contributed by atoms with Crippen molar-refractivity contribution in [3.05, 3.63) is 34.9 Å². The Morgan fingerprint density at radius 3 is 2.83 bits per heavy atom. The van der Waals surface area contributed by atoms with Crippen LogP contribution >= 0.6 is 11.6 Å². The minimum atomic E-state index is -0.395. The van der Waals surface area contributed by atoms with Crippen molar-refractivity contribution < 1.29 is 9.53 Å². The fourth-order valence-electron chi connectivity index (χ4n) is 1.87. The van der Waals surface area contributed by atoms with Gasteiger partial charge in [-0.05, 0) is 24.6 Å². The van der Waals surface area contributed by atoms with E-state index in [2.05, 4.69) is 10.6 Å². The number of rotatable bonds is 3. The van der Waals surface area contributed by atoms with Gasteiger partial charge in [0.15, 0.2) is 0 Å². The highest BCUT2D eigenvalue weighted by Gasteiger charge is 2.23. The molecule has 2 N–H and O–H groups in total. The Morgan fingerprint density at radius 1 is 1.50 bits per heavy atom. The number of morpholine rings is 1. The van der Waals surface area contributed by atoms with Gasteiger partial charge in [0.1, 0.15) is 6.10 Å². The molecule has 0 bridgehead atoms. The van der Waals surface area contributed by atoms with E-state index in [4.69, 9.17) is 16.3 Å². The fraction of sp³-hybridized carbons (Fsp3) is 0.462. The summed E-state index contributed by atoms with van der Waals surface area (Å²) in [4.78, 5) is 11.9. The molecule has 1 heterocycles. The van der Waals surface area contributed by atoms with Crippen molar-refractivity contribution in [1.82, 2.24) is 10.6 Å². The lowest BCUT2D eigenvalue weighted by Gasteiger charge is -2.24. The van der Waals surface area contributed by atoms with Gasteiger partial charge in [0, 0.05) is 18.1 Å². The third-order valence-corrected chi connectivity index (χ3v) is 3.20. The first-order valence-electron chi connectivity index (χ1n) is 6.05. The fourth-order valence-corrected chi connectivity index (χ4v) is 2.00. The molecule has 5 heteroatoms. The van der Waals surface area contributed by atoms with E-state index in [0.717, 1.165) is 12.1 Å². The van der Waals surface area contributed by atoms with Crippen LogP contribution in [0.25, 0.3) is 0 Å². The smallest absolute Gasteiger partial charge is 0.250 e. The van der Waals surface area contributed by atoms with Gasteiger partial charge in [-0.3, -0.25) is 4.79 Å². The van der Waals surface area contributed by atoms with E-state index in [1.54, 1.807) is 0 Å². The molecule has 1 fully saturated rings. The number of halogens is 1. The molecule has 0 radical (unpaired) electrons. The van der Waals surface area contributed by atoms with E-state index in [9.17, 15) is 4.79 Å². The quantitative estimate of drug-likeness (QED) is 0.874. The standard InChI is InChI=1S/C13H17ClN2O2/c1-9(10-2-4-11(14)5-3-10)16-13(17)12-8-15-6-7-18-12/h2-5,9,12,15H,6-8H2,1H3,(H,16,17). The lowest BCUT2D eigenvalue weighted by atomic mass is 10.1. The zero-order chi connectivity index (χ0) is 13.0. The van der Waals surface area contributed by atoms with Crippen molar-refractivity contribution in [2.24, 2.45) is 0 Å². The summed E-state index contributed by atoms with van der Waals surface area (Å²) in [6, 6.07) is 7.40. The molecule has 1 amide bonds. The lowest BCUT2D eigenvalue weighted by molar-refractivity contribution is -0.134. The monoisotopic (exact) mass is 268 g/mol. The third-order valence-electron chi connectivity index (χ3n) is 2.95. The van der Waals surface area contributed by atoms with Crippen LogP contribution in [0.3, 0.4) is 0 Å². The first-order valence-corrected chi connectivity index (χ1v) is 6.43. The van der Waals surface area contributed by atoms with Crippen molar-refractivity contribution in [1.29, 1.82) is 0 Å². The first kappa shape index (κ1) is 13.3. The first-order chi connectivity index (χ1) is 8.66. The lowest BCUT2D eigenvalue weighted by Crippen LogP contribution is -2.48. The largest absolute Gasteiger partial charge is 0.366 e. The Kier molecular flexibility index (Phi) is 4.58.